The van der Waals surface area contributed by atoms with E-state index in [9.17, 15) is 4.39 Å². The van der Waals surface area contributed by atoms with E-state index in [1.165, 1.54) is 6.07 Å². The van der Waals surface area contributed by atoms with Gasteiger partial charge in [-0.25, -0.2) is 9.37 Å². The number of aromatic nitrogens is 2. The molecule has 1 aromatic heterocycles. The molecule has 1 heterocycles. The molecule has 5 heteroatoms. The van der Waals surface area contributed by atoms with Crippen LogP contribution in [0.5, 0.6) is 0 Å². The SMILES string of the molecule is CC(Cn1ccnc1)NCc1cccc(F)c1Cl. The van der Waals surface area contributed by atoms with E-state index in [0.717, 1.165) is 12.1 Å². The third-order valence-electron chi connectivity index (χ3n) is 2.72. The summed E-state index contributed by atoms with van der Waals surface area (Å²) in [6.45, 7) is 3.42. The molecule has 0 bridgehead atoms. The van der Waals surface area contributed by atoms with Gasteiger partial charge in [0.25, 0.3) is 0 Å². The molecule has 0 saturated heterocycles. The van der Waals surface area contributed by atoms with E-state index in [1.54, 1.807) is 18.6 Å². The molecular formula is C13H15ClFN3. The third-order valence-corrected chi connectivity index (χ3v) is 3.14. The molecule has 0 amide bonds. The lowest BCUT2D eigenvalue weighted by molar-refractivity contribution is 0.475. The minimum Gasteiger partial charge on any atom is -0.336 e. The Morgan fingerprint density at radius 2 is 2.33 bits per heavy atom. The highest BCUT2D eigenvalue weighted by atomic mass is 35.5. The van der Waals surface area contributed by atoms with E-state index in [0.29, 0.717) is 6.54 Å². The maximum atomic E-state index is 13.2. The molecule has 0 aliphatic heterocycles. The van der Waals surface area contributed by atoms with Crippen LogP contribution in [0.25, 0.3) is 0 Å². The maximum Gasteiger partial charge on any atom is 0.142 e. The van der Waals surface area contributed by atoms with E-state index >= 15 is 0 Å². The molecule has 1 atom stereocenters. The van der Waals surface area contributed by atoms with Gasteiger partial charge in [0.2, 0.25) is 0 Å². The Morgan fingerprint density at radius 1 is 1.50 bits per heavy atom. The first kappa shape index (κ1) is 13.1. The van der Waals surface area contributed by atoms with Crippen molar-refractivity contribution in [3.8, 4) is 0 Å². The number of hydrogen-bond donors (Lipinski definition) is 1. The second kappa shape index (κ2) is 5.98. The summed E-state index contributed by atoms with van der Waals surface area (Å²) in [5.41, 5.74) is 0.772. The zero-order valence-corrected chi connectivity index (χ0v) is 10.9. The normalized spacial score (nSPS) is 12.6. The van der Waals surface area contributed by atoms with Crippen LogP contribution in [-0.4, -0.2) is 15.6 Å². The Morgan fingerprint density at radius 3 is 3.06 bits per heavy atom. The van der Waals surface area contributed by atoms with Crippen LogP contribution >= 0.6 is 11.6 Å². The summed E-state index contributed by atoms with van der Waals surface area (Å²) in [7, 11) is 0. The Hall–Kier alpha value is -1.39. The zero-order valence-electron chi connectivity index (χ0n) is 10.1. The number of rotatable bonds is 5. The summed E-state index contributed by atoms with van der Waals surface area (Å²) in [5, 5.41) is 3.50. The third kappa shape index (κ3) is 3.31. The molecule has 3 nitrogen and oxygen atoms in total. The molecule has 0 aliphatic rings. The second-order valence-electron chi connectivity index (χ2n) is 4.25. The lowest BCUT2D eigenvalue weighted by atomic mass is 10.2. The molecule has 1 N–H and O–H groups in total. The molecule has 1 unspecified atom stereocenters. The van der Waals surface area contributed by atoms with Crippen molar-refractivity contribution in [3.05, 3.63) is 53.3 Å². The molecular weight excluding hydrogens is 253 g/mol. The van der Waals surface area contributed by atoms with E-state index in [-0.39, 0.29) is 16.9 Å². The number of nitrogens with one attached hydrogen (secondary N) is 1. The van der Waals surface area contributed by atoms with Crippen LogP contribution in [0.4, 0.5) is 4.39 Å². The van der Waals surface area contributed by atoms with Crippen molar-refractivity contribution in [1.29, 1.82) is 0 Å². The van der Waals surface area contributed by atoms with Crippen LogP contribution in [0.1, 0.15) is 12.5 Å². The molecule has 18 heavy (non-hydrogen) atoms. The fourth-order valence-electron chi connectivity index (χ4n) is 1.74. The summed E-state index contributed by atoms with van der Waals surface area (Å²) in [6, 6.07) is 5.10. The van der Waals surface area contributed by atoms with Gasteiger partial charge in [-0.2, -0.15) is 0 Å². The van der Waals surface area contributed by atoms with E-state index in [1.807, 2.05) is 16.8 Å². The molecule has 1 aromatic carbocycles. The second-order valence-corrected chi connectivity index (χ2v) is 4.63. The summed E-state index contributed by atoms with van der Waals surface area (Å²) in [5.74, 6) is -0.377. The summed E-state index contributed by atoms with van der Waals surface area (Å²) in [4.78, 5) is 3.98. The van der Waals surface area contributed by atoms with Gasteiger partial charge in [0.15, 0.2) is 0 Å². The fraction of sp³-hybridized carbons (Fsp3) is 0.308. The Bertz CT molecular complexity index is 499. The van der Waals surface area contributed by atoms with Gasteiger partial charge >= 0.3 is 0 Å². The van der Waals surface area contributed by atoms with E-state index < -0.39 is 0 Å². The number of imidazole rings is 1. The number of hydrogen-bond acceptors (Lipinski definition) is 2. The van der Waals surface area contributed by atoms with Crippen molar-refractivity contribution in [2.75, 3.05) is 0 Å². The molecule has 2 rings (SSSR count). The highest BCUT2D eigenvalue weighted by Crippen LogP contribution is 2.19. The van der Waals surface area contributed by atoms with Crippen LogP contribution in [0.15, 0.2) is 36.9 Å². The molecule has 0 radical (unpaired) electrons. The fourth-order valence-corrected chi connectivity index (χ4v) is 1.94. The quantitative estimate of drug-likeness (QED) is 0.903. The predicted molar refractivity (Wildman–Crippen MR) is 69.9 cm³/mol. The highest BCUT2D eigenvalue weighted by molar-refractivity contribution is 6.31. The molecule has 0 spiro atoms. The number of benzene rings is 1. The van der Waals surface area contributed by atoms with Gasteiger partial charge in [-0.1, -0.05) is 23.7 Å². The standard InChI is InChI=1S/C13H15ClFN3/c1-10(8-18-6-5-16-9-18)17-7-11-3-2-4-12(15)13(11)14/h2-6,9-10,17H,7-8H2,1H3. The van der Waals surface area contributed by atoms with Crippen LogP contribution in [-0.2, 0) is 13.1 Å². The Balaban J connectivity index is 1.89. The smallest absolute Gasteiger partial charge is 0.142 e. The monoisotopic (exact) mass is 267 g/mol. The summed E-state index contributed by atoms with van der Waals surface area (Å²) >= 11 is 5.89. The van der Waals surface area contributed by atoms with Crippen molar-refractivity contribution >= 4 is 11.6 Å². The van der Waals surface area contributed by atoms with Crippen molar-refractivity contribution in [3.63, 3.8) is 0 Å². The first-order valence-corrected chi connectivity index (χ1v) is 6.16. The first-order valence-electron chi connectivity index (χ1n) is 5.79. The van der Waals surface area contributed by atoms with Crippen molar-refractivity contribution < 1.29 is 4.39 Å². The van der Waals surface area contributed by atoms with E-state index in [4.69, 9.17) is 11.6 Å². The number of halogens is 2. The largest absolute Gasteiger partial charge is 0.336 e. The average Bonchev–Trinajstić information content (AvgIpc) is 2.84. The van der Waals surface area contributed by atoms with Crippen LogP contribution in [0, 0.1) is 5.82 Å². The van der Waals surface area contributed by atoms with Gasteiger partial charge < -0.3 is 9.88 Å². The average molecular weight is 268 g/mol. The van der Waals surface area contributed by atoms with Gasteiger partial charge in [0.05, 0.1) is 11.3 Å². The highest BCUT2D eigenvalue weighted by Gasteiger charge is 2.07. The van der Waals surface area contributed by atoms with Gasteiger partial charge in [-0.15, -0.1) is 0 Å². The minimum absolute atomic E-state index is 0.194. The van der Waals surface area contributed by atoms with Crippen molar-refractivity contribution in [1.82, 2.24) is 14.9 Å². The molecule has 0 aliphatic carbocycles. The molecule has 0 fully saturated rings. The van der Waals surface area contributed by atoms with Gasteiger partial charge in [-0.3, -0.25) is 0 Å². The number of nitrogens with zero attached hydrogens (tertiary/aromatic N) is 2. The van der Waals surface area contributed by atoms with Crippen LogP contribution < -0.4 is 5.32 Å². The van der Waals surface area contributed by atoms with Crippen molar-refractivity contribution in [2.24, 2.45) is 0 Å². The zero-order chi connectivity index (χ0) is 13.0. The van der Waals surface area contributed by atoms with Gasteiger partial charge in [0.1, 0.15) is 5.82 Å². The molecule has 2 aromatic rings. The predicted octanol–water partition coefficient (Wildman–Crippen LogP) is 2.85. The lowest BCUT2D eigenvalue weighted by Crippen LogP contribution is -2.29. The maximum absolute atomic E-state index is 13.2. The summed E-state index contributed by atoms with van der Waals surface area (Å²) in [6.07, 6.45) is 5.43. The Labute approximate surface area is 111 Å². The first-order chi connectivity index (χ1) is 8.66. The topological polar surface area (TPSA) is 29.9 Å². The molecule has 96 valence electrons. The van der Waals surface area contributed by atoms with Crippen LogP contribution in [0.3, 0.4) is 0 Å². The Kier molecular flexibility index (Phi) is 4.33. The van der Waals surface area contributed by atoms with Crippen molar-refractivity contribution in [2.45, 2.75) is 26.1 Å². The van der Waals surface area contributed by atoms with Gasteiger partial charge in [0, 0.05) is 31.5 Å². The van der Waals surface area contributed by atoms with E-state index in [2.05, 4.69) is 17.2 Å². The van der Waals surface area contributed by atoms with Gasteiger partial charge in [-0.05, 0) is 18.6 Å². The lowest BCUT2D eigenvalue weighted by Gasteiger charge is -2.15. The minimum atomic E-state index is -0.377. The van der Waals surface area contributed by atoms with Crippen LogP contribution in [0.2, 0.25) is 5.02 Å². The molecule has 0 saturated carbocycles. The summed E-state index contributed by atoms with van der Waals surface area (Å²) < 4.78 is 15.2.